The number of halogens is 1. The molecule has 0 bridgehead atoms. The molecule has 4 amide bonds. The van der Waals surface area contributed by atoms with Gasteiger partial charge in [-0.25, -0.2) is 9.18 Å². The third-order valence-corrected chi connectivity index (χ3v) is 5.03. The van der Waals surface area contributed by atoms with Crippen LogP contribution in [0.3, 0.4) is 0 Å². The minimum absolute atomic E-state index is 0.240. The second-order valence-electron chi connectivity index (χ2n) is 7.37. The summed E-state index contributed by atoms with van der Waals surface area (Å²) in [6, 6.07) is 12.6. The topological polar surface area (TPSA) is 87.7 Å². The van der Waals surface area contributed by atoms with E-state index in [0.29, 0.717) is 18.7 Å². The van der Waals surface area contributed by atoms with E-state index in [9.17, 15) is 18.8 Å². The van der Waals surface area contributed by atoms with Crippen LogP contribution in [-0.2, 0) is 22.4 Å². The molecule has 3 rings (SSSR count). The summed E-state index contributed by atoms with van der Waals surface area (Å²) in [5.74, 6) is -0.607. The minimum atomic E-state index is -1.17. The van der Waals surface area contributed by atoms with Crippen LogP contribution in [0, 0.1) is 5.82 Å². The highest BCUT2D eigenvalue weighted by molar-refractivity contribution is 6.09. The zero-order valence-electron chi connectivity index (χ0n) is 16.9. The molecule has 0 aromatic heterocycles. The van der Waals surface area contributed by atoms with E-state index in [1.807, 2.05) is 18.2 Å². The molecule has 7 nitrogen and oxygen atoms in total. The smallest absolute Gasteiger partial charge is 0.325 e. The highest BCUT2D eigenvalue weighted by Crippen LogP contribution is 2.27. The number of hydrogen-bond acceptors (Lipinski definition) is 4. The number of urea groups is 1. The van der Waals surface area contributed by atoms with Gasteiger partial charge in [0.25, 0.3) is 5.91 Å². The molecular weight excluding hydrogens is 389 g/mol. The Hall–Kier alpha value is -3.42. The molecule has 8 heteroatoms. The van der Waals surface area contributed by atoms with Gasteiger partial charge in [0, 0.05) is 13.0 Å². The summed E-state index contributed by atoms with van der Waals surface area (Å²) >= 11 is 0. The molecule has 2 N–H and O–H groups in total. The lowest BCUT2D eigenvalue weighted by Gasteiger charge is -2.22. The number of ether oxygens (including phenoxy) is 1. The molecule has 1 fully saturated rings. The van der Waals surface area contributed by atoms with Crippen molar-refractivity contribution in [1.29, 1.82) is 0 Å². The largest absolute Gasteiger partial charge is 0.496 e. The summed E-state index contributed by atoms with van der Waals surface area (Å²) in [6.07, 6.45) is 0.752. The van der Waals surface area contributed by atoms with Crippen LogP contribution >= 0.6 is 0 Å². The number of para-hydroxylation sites is 1. The van der Waals surface area contributed by atoms with Crippen LogP contribution in [0.15, 0.2) is 48.5 Å². The average molecular weight is 413 g/mol. The third-order valence-electron chi connectivity index (χ3n) is 5.03. The van der Waals surface area contributed by atoms with Gasteiger partial charge >= 0.3 is 6.03 Å². The number of methoxy groups -OCH3 is 1. The van der Waals surface area contributed by atoms with Crippen LogP contribution in [0.25, 0.3) is 0 Å². The van der Waals surface area contributed by atoms with Gasteiger partial charge in [0.05, 0.1) is 7.11 Å². The van der Waals surface area contributed by atoms with Gasteiger partial charge in [-0.2, -0.15) is 0 Å². The summed E-state index contributed by atoms with van der Waals surface area (Å²) in [5, 5.41) is 5.37. The van der Waals surface area contributed by atoms with E-state index in [2.05, 4.69) is 10.6 Å². The lowest BCUT2D eigenvalue weighted by Crippen LogP contribution is -2.47. The number of carbonyl (C=O) groups excluding carboxylic acids is 3. The molecule has 30 heavy (non-hydrogen) atoms. The van der Waals surface area contributed by atoms with Crippen LogP contribution in [0.2, 0.25) is 0 Å². The van der Waals surface area contributed by atoms with Crippen molar-refractivity contribution in [1.82, 2.24) is 15.5 Å². The first-order valence-electron chi connectivity index (χ1n) is 9.59. The Morgan fingerprint density at radius 1 is 1.17 bits per heavy atom. The number of nitrogens with zero attached hydrogens (tertiary/aromatic N) is 1. The lowest BCUT2D eigenvalue weighted by molar-refractivity contribution is -0.134. The van der Waals surface area contributed by atoms with Gasteiger partial charge in [-0.15, -0.1) is 0 Å². The molecule has 1 saturated heterocycles. The lowest BCUT2D eigenvalue weighted by atomic mass is 9.92. The maximum atomic E-state index is 12.9. The molecule has 2 aromatic rings. The molecule has 0 radical (unpaired) electrons. The first kappa shape index (κ1) is 21.3. The first-order valence-corrected chi connectivity index (χ1v) is 9.59. The minimum Gasteiger partial charge on any atom is -0.496 e. The Morgan fingerprint density at radius 3 is 2.57 bits per heavy atom. The van der Waals surface area contributed by atoms with Gasteiger partial charge in [0.1, 0.15) is 23.7 Å². The van der Waals surface area contributed by atoms with Crippen molar-refractivity contribution in [3.05, 3.63) is 65.5 Å². The van der Waals surface area contributed by atoms with Gasteiger partial charge in [-0.3, -0.25) is 14.5 Å². The molecule has 0 spiro atoms. The van der Waals surface area contributed by atoms with Gasteiger partial charge in [-0.05, 0) is 42.7 Å². The number of hydrogen-bond donors (Lipinski definition) is 2. The molecule has 1 atom stereocenters. The van der Waals surface area contributed by atoms with Crippen molar-refractivity contribution in [2.24, 2.45) is 0 Å². The van der Waals surface area contributed by atoms with Crippen LogP contribution in [0.1, 0.15) is 18.1 Å². The molecule has 1 aliphatic rings. The van der Waals surface area contributed by atoms with Crippen molar-refractivity contribution in [2.45, 2.75) is 25.3 Å². The highest BCUT2D eigenvalue weighted by atomic mass is 19.1. The quantitative estimate of drug-likeness (QED) is 0.649. The third kappa shape index (κ3) is 4.76. The fourth-order valence-corrected chi connectivity index (χ4v) is 3.44. The number of imide groups is 1. The molecule has 0 unspecified atom stereocenters. The van der Waals surface area contributed by atoms with Crippen LogP contribution in [0.4, 0.5) is 9.18 Å². The van der Waals surface area contributed by atoms with E-state index < -0.39 is 23.4 Å². The Balaban J connectivity index is 1.57. The maximum absolute atomic E-state index is 12.9. The molecule has 0 saturated carbocycles. The van der Waals surface area contributed by atoms with Gasteiger partial charge < -0.3 is 15.4 Å². The molecule has 158 valence electrons. The van der Waals surface area contributed by atoms with Crippen molar-refractivity contribution >= 4 is 17.8 Å². The van der Waals surface area contributed by atoms with Gasteiger partial charge in [-0.1, -0.05) is 30.3 Å². The van der Waals surface area contributed by atoms with E-state index in [0.717, 1.165) is 16.0 Å². The number of rotatable bonds is 8. The Kier molecular flexibility index (Phi) is 6.34. The van der Waals surface area contributed by atoms with Crippen molar-refractivity contribution in [3.8, 4) is 5.75 Å². The molecule has 0 aliphatic carbocycles. The van der Waals surface area contributed by atoms with Gasteiger partial charge in [0.2, 0.25) is 5.91 Å². The fourth-order valence-electron chi connectivity index (χ4n) is 3.44. The Labute approximate surface area is 174 Å². The standard InChI is InChI=1S/C22H24FN3O4/c1-22(13-16-5-3-4-6-18(16)30-2)20(28)26(21(29)25-22)14-19(27)24-12-11-15-7-9-17(23)10-8-15/h3-10H,11-14H2,1-2H3,(H,24,27)(H,25,29)/t22-/m0/s1. The monoisotopic (exact) mass is 413 g/mol. The zero-order valence-corrected chi connectivity index (χ0v) is 16.9. The number of nitrogens with one attached hydrogen (secondary N) is 2. The summed E-state index contributed by atoms with van der Waals surface area (Å²) in [5.41, 5.74) is 0.484. The van der Waals surface area contributed by atoms with E-state index >= 15 is 0 Å². The number of amides is 4. The highest BCUT2D eigenvalue weighted by Gasteiger charge is 2.48. The van der Waals surface area contributed by atoms with E-state index in [4.69, 9.17) is 4.74 Å². The van der Waals surface area contributed by atoms with Crippen molar-refractivity contribution in [3.63, 3.8) is 0 Å². The second kappa shape index (κ2) is 8.94. The molecular formula is C22H24FN3O4. The van der Waals surface area contributed by atoms with Crippen LogP contribution < -0.4 is 15.4 Å². The predicted molar refractivity (Wildman–Crippen MR) is 108 cm³/mol. The van der Waals surface area contributed by atoms with Crippen LogP contribution in [0.5, 0.6) is 5.75 Å². The van der Waals surface area contributed by atoms with Crippen molar-refractivity contribution < 1.29 is 23.5 Å². The first-order chi connectivity index (χ1) is 14.3. The second-order valence-corrected chi connectivity index (χ2v) is 7.37. The Morgan fingerprint density at radius 2 is 1.87 bits per heavy atom. The summed E-state index contributed by atoms with van der Waals surface area (Å²) < 4.78 is 18.2. The predicted octanol–water partition coefficient (Wildman–Crippen LogP) is 2.05. The molecule has 1 heterocycles. The molecule has 2 aromatic carbocycles. The van der Waals surface area contributed by atoms with Crippen LogP contribution in [-0.4, -0.2) is 48.5 Å². The number of benzene rings is 2. The maximum Gasteiger partial charge on any atom is 0.325 e. The Bertz CT molecular complexity index is 948. The summed E-state index contributed by atoms with van der Waals surface area (Å²) in [7, 11) is 1.54. The SMILES string of the molecule is COc1ccccc1C[C@]1(C)NC(=O)N(CC(=O)NCCc2ccc(F)cc2)C1=O. The fraction of sp³-hybridized carbons (Fsp3) is 0.318. The normalized spacial score (nSPS) is 18.3. The zero-order chi connectivity index (χ0) is 21.7. The van der Waals surface area contributed by atoms with Gasteiger partial charge in [0.15, 0.2) is 0 Å². The average Bonchev–Trinajstić information content (AvgIpc) is 2.93. The number of carbonyl (C=O) groups is 3. The molecule has 1 aliphatic heterocycles. The summed E-state index contributed by atoms with van der Waals surface area (Å²) in [6.45, 7) is 1.58. The van der Waals surface area contributed by atoms with E-state index in [1.54, 1.807) is 32.2 Å². The van der Waals surface area contributed by atoms with E-state index in [1.165, 1.54) is 12.1 Å². The van der Waals surface area contributed by atoms with Crippen molar-refractivity contribution in [2.75, 3.05) is 20.2 Å². The summed E-state index contributed by atoms with van der Waals surface area (Å²) in [4.78, 5) is 38.4. The van der Waals surface area contributed by atoms with E-state index in [-0.39, 0.29) is 18.8 Å².